The molecular weight excluding hydrogens is 1150 g/mol. The molecule has 1 aliphatic rings. The average molecular weight is 1270 g/mol. The number of aliphatic hydroxyl groups is 2. The number of nitrogens with one attached hydrogen (secondary N) is 3. The molecule has 0 aromatic carbocycles. The van der Waals surface area contributed by atoms with E-state index in [-0.39, 0.29) is 68.9 Å². The molecule has 0 aromatic rings. The fraction of sp³-hybridized carbons (Fsp3) is 0.773. The Hall–Kier alpha value is -6.43. The first kappa shape index (κ1) is 81.6. The summed E-state index contributed by atoms with van der Waals surface area (Å²) in [5, 5.41) is 30.1. The number of rotatable bonds is 18. The molecule has 24 heteroatoms. The van der Waals surface area contributed by atoms with E-state index in [4.69, 9.17) is 0 Å². The molecule has 0 aromatic heterocycles. The first-order chi connectivity index (χ1) is 41.7. The van der Waals surface area contributed by atoms with Crippen LogP contribution in [-0.4, -0.2) is 250 Å². The minimum absolute atomic E-state index is 0.00144. The molecule has 11 amide bonds. The van der Waals surface area contributed by atoms with Crippen molar-refractivity contribution < 1.29 is 63.0 Å². The van der Waals surface area contributed by atoms with Crippen LogP contribution in [0.15, 0.2) is 24.3 Å². The lowest BCUT2D eigenvalue weighted by Crippen LogP contribution is -2.63. The predicted molar refractivity (Wildman–Crippen MR) is 348 cm³/mol. The molecule has 1 aliphatic heterocycles. The molecule has 0 spiro atoms. The fourth-order valence-corrected chi connectivity index (χ4v) is 11.5. The summed E-state index contributed by atoms with van der Waals surface area (Å²) >= 11 is 0. The van der Waals surface area contributed by atoms with Gasteiger partial charge < -0.3 is 65.4 Å². The third kappa shape index (κ3) is 22.7. The number of likely N-dealkylation sites (N-methyl/N-ethyl adjacent to an activating group) is 7. The van der Waals surface area contributed by atoms with Crippen molar-refractivity contribution in [1.82, 2.24) is 55.1 Å². The van der Waals surface area contributed by atoms with E-state index >= 15 is 24.0 Å². The van der Waals surface area contributed by atoms with Crippen molar-refractivity contribution in [3.8, 4) is 0 Å². The molecule has 1 fully saturated rings. The van der Waals surface area contributed by atoms with Crippen molar-refractivity contribution in [2.75, 3.05) is 69.0 Å². The number of allylic oxidation sites excluding steroid dienone is 2. The number of hydrogen-bond donors (Lipinski definition) is 5. The molecule has 1 heterocycles. The van der Waals surface area contributed by atoms with E-state index in [0.717, 1.165) is 9.80 Å². The van der Waals surface area contributed by atoms with Gasteiger partial charge in [0.2, 0.25) is 65.0 Å². The minimum Gasteiger partial charge on any atom is -0.392 e. The largest absolute Gasteiger partial charge is 0.392 e. The number of carbonyl (C=O) groups is 11. The lowest BCUT2D eigenvalue weighted by molar-refractivity contribution is -0.157. The maximum Gasteiger partial charge on any atom is 0.246 e. The van der Waals surface area contributed by atoms with Crippen molar-refractivity contribution in [3.05, 3.63) is 24.3 Å². The summed E-state index contributed by atoms with van der Waals surface area (Å²) in [4.78, 5) is 173. The maximum absolute atomic E-state index is 15.3. The Morgan fingerprint density at radius 1 is 0.467 bits per heavy atom. The predicted octanol–water partition coefficient (Wildman–Crippen LogP) is 3.53. The van der Waals surface area contributed by atoms with E-state index in [1.54, 1.807) is 60.6 Å². The standard InChI is InChI=1S/C66H117N11O13/c1-25-27-30-44(15)56(80)55-59(83)69-47(26-2)61(85)70(18)37-52(79)71(19)51(36-41(9)10)64(88)77(31-28-29-32-78)54(43(13)14)66(90)72(20)48(33-38(3)4)58(82)67-45(16)57(81)68-46(17)60(84)73(21)49(34-39(5)6)62(86)74(22)50(35-40(7)8)63(87)75(23)53(42(11)12)65(89)76(55)24/h25,27-29,38-51,53-56,78,80H,26,30-37H2,1-24H3,(H,67,82)(H,68,81)(H,69,83)/b27-25+,29-28+/t44-,45+,46-,47+,48+,49+,50+,51+,53+,54+,55+,56-/m1/s1. The number of carbonyl (C=O) groups excluding carboxylic acids is 11. The third-order valence-corrected chi connectivity index (χ3v) is 16.9. The van der Waals surface area contributed by atoms with E-state index in [1.807, 2.05) is 55.4 Å². The zero-order chi connectivity index (χ0) is 69.7. The quantitative estimate of drug-likeness (QED) is 0.123. The molecular formula is C66H117N11O13. The van der Waals surface area contributed by atoms with Crippen molar-refractivity contribution in [2.45, 2.75) is 223 Å². The van der Waals surface area contributed by atoms with Crippen molar-refractivity contribution >= 4 is 65.0 Å². The van der Waals surface area contributed by atoms with Gasteiger partial charge in [-0.15, -0.1) is 0 Å². The molecule has 1 saturated heterocycles. The summed E-state index contributed by atoms with van der Waals surface area (Å²) in [6, 6.07) is -12.7. The van der Waals surface area contributed by atoms with Crippen molar-refractivity contribution in [1.29, 1.82) is 0 Å². The lowest BCUT2D eigenvalue weighted by Gasteiger charge is -2.41. The second kappa shape index (κ2) is 37.8. The molecule has 12 atom stereocenters. The van der Waals surface area contributed by atoms with Crippen LogP contribution < -0.4 is 16.0 Å². The van der Waals surface area contributed by atoms with E-state index in [9.17, 15) is 39.0 Å². The van der Waals surface area contributed by atoms with Crippen LogP contribution in [0.3, 0.4) is 0 Å². The summed E-state index contributed by atoms with van der Waals surface area (Å²) in [5.41, 5.74) is 0. The summed E-state index contributed by atoms with van der Waals surface area (Å²) in [7, 11) is 9.89. The second-order valence-corrected chi connectivity index (χ2v) is 27.2. The molecule has 90 heavy (non-hydrogen) atoms. The molecule has 5 N–H and O–H groups in total. The number of nitrogens with zero attached hydrogens (tertiary/aromatic N) is 8. The monoisotopic (exact) mass is 1270 g/mol. The van der Waals surface area contributed by atoms with Gasteiger partial charge in [-0.25, -0.2) is 0 Å². The fourth-order valence-electron chi connectivity index (χ4n) is 11.5. The van der Waals surface area contributed by atoms with Crippen LogP contribution in [0.5, 0.6) is 0 Å². The normalized spacial score (nSPS) is 26.3. The first-order valence-corrected chi connectivity index (χ1v) is 32.3. The summed E-state index contributed by atoms with van der Waals surface area (Å²) < 4.78 is 0. The van der Waals surface area contributed by atoms with Crippen LogP contribution in [0.2, 0.25) is 0 Å². The molecule has 1 rings (SSSR count). The molecule has 24 nitrogen and oxygen atoms in total. The molecule has 0 bridgehead atoms. The van der Waals surface area contributed by atoms with E-state index < -0.39 is 156 Å². The van der Waals surface area contributed by atoms with Crippen LogP contribution in [0.25, 0.3) is 0 Å². The van der Waals surface area contributed by atoms with Crippen LogP contribution in [0.4, 0.5) is 0 Å². The number of hydrogen-bond acceptors (Lipinski definition) is 13. The lowest BCUT2D eigenvalue weighted by atomic mass is 9.91. The van der Waals surface area contributed by atoms with Gasteiger partial charge in [-0.3, -0.25) is 52.7 Å². The summed E-state index contributed by atoms with van der Waals surface area (Å²) in [6.45, 7) is 28.7. The maximum atomic E-state index is 15.3. The van der Waals surface area contributed by atoms with Crippen LogP contribution in [-0.2, 0) is 52.7 Å². The Morgan fingerprint density at radius 2 is 0.889 bits per heavy atom. The Labute approximate surface area is 538 Å². The van der Waals surface area contributed by atoms with Gasteiger partial charge in [0.25, 0.3) is 0 Å². The van der Waals surface area contributed by atoms with Crippen molar-refractivity contribution in [3.63, 3.8) is 0 Å². The minimum atomic E-state index is -1.63. The highest BCUT2D eigenvalue weighted by atomic mass is 16.3. The van der Waals surface area contributed by atoms with Crippen LogP contribution >= 0.6 is 0 Å². The van der Waals surface area contributed by atoms with Crippen LogP contribution in [0, 0.1) is 41.4 Å². The van der Waals surface area contributed by atoms with Gasteiger partial charge in [0, 0.05) is 55.9 Å². The zero-order valence-corrected chi connectivity index (χ0v) is 59.0. The molecule has 0 saturated carbocycles. The number of aliphatic hydroxyl groups excluding tert-OH is 2. The highest BCUT2D eigenvalue weighted by Gasteiger charge is 2.46. The van der Waals surface area contributed by atoms with Gasteiger partial charge in [-0.2, -0.15) is 0 Å². The number of amides is 11. The Kier molecular flexibility index (Phi) is 34.3. The molecule has 0 unspecified atom stereocenters. The highest BCUT2D eigenvalue weighted by Crippen LogP contribution is 2.27. The second-order valence-electron chi connectivity index (χ2n) is 27.2. The smallest absolute Gasteiger partial charge is 0.246 e. The van der Waals surface area contributed by atoms with Gasteiger partial charge in [0.05, 0.1) is 19.3 Å². The Bertz CT molecular complexity index is 2480. The van der Waals surface area contributed by atoms with Gasteiger partial charge in [-0.05, 0) is 101 Å². The van der Waals surface area contributed by atoms with Gasteiger partial charge in [0.15, 0.2) is 0 Å². The Morgan fingerprint density at radius 3 is 1.34 bits per heavy atom. The van der Waals surface area contributed by atoms with Crippen molar-refractivity contribution in [2.24, 2.45) is 41.4 Å². The van der Waals surface area contributed by atoms with Crippen LogP contribution in [0.1, 0.15) is 156 Å². The van der Waals surface area contributed by atoms with E-state index in [2.05, 4.69) is 16.0 Å². The topological polar surface area (TPSA) is 290 Å². The SMILES string of the molecule is C/C=C/C[C@@H](C)[C@@H](O)[C@H]1C(=O)N[C@@H](CC)C(=O)N(C)CC(=O)N(C)[C@@H](CC(C)C)C(=O)N(C/C=C/CO)[C@@H](C(C)C)C(=O)N(C)[C@@H](CC(C)C)C(=O)N[C@@H](C)C(=O)N[C@H](C)C(=O)N(C)[C@@H](CC(C)C)C(=O)N(C)[C@@H](CC(C)C)C(=O)N(C)[C@@H](C(C)C)C(=O)N1C. The summed E-state index contributed by atoms with van der Waals surface area (Å²) in [6.07, 6.45) is 5.80. The molecule has 0 radical (unpaired) electrons. The Balaban J connectivity index is 4.49. The van der Waals surface area contributed by atoms with E-state index in [0.29, 0.717) is 6.42 Å². The van der Waals surface area contributed by atoms with Gasteiger partial charge in [0.1, 0.15) is 60.4 Å². The highest BCUT2D eigenvalue weighted by molar-refractivity contribution is 5.99. The average Bonchev–Trinajstić information content (AvgIpc) is 1.50. The zero-order valence-electron chi connectivity index (χ0n) is 59.0. The first-order valence-electron chi connectivity index (χ1n) is 32.3. The molecule has 514 valence electrons. The van der Waals surface area contributed by atoms with E-state index in [1.165, 1.54) is 105 Å². The third-order valence-electron chi connectivity index (χ3n) is 16.9. The van der Waals surface area contributed by atoms with Gasteiger partial charge in [-0.1, -0.05) is 121 Å². The van der Waals surface area contributed by atoms with Gasteiger partial charge >= 0.3 is 0 Å². The molecule has 0 aliphatic carbocycles. The summed E-state index contributed by atoms with van der Waals surface area (Å²) in [5.74, 6) is -10.1.